The highest BCUT2D eigenvalue weighted by atomic mass is 19.2. The molecule has 0 saturated carbocycles. The molecule has 122 valence electrons. The van der Waals surface area contributed by atoms with E-state index in [1.165, 1.54) is 0 Å². The molecule has 0 N–H and O–H groups in total. The lowest BCUT2D eigenvalue weighted by Crippen LogP contribution is -2.11. The SMILES string of the molecule is CCCOC(=O)CCC(=O)OCc1cc(F)c(F)c(F)c1F. The fourth-order valence-corrected chi connectivity index (χ4v) is 1.45. The largest absolute Gasteiger partial charge is 0.466 e. The van der Waals surface area contributed by atoms with Crippen LogP contribution in [0.25, 0.3) is 0 Å². The number of carbonyl (C=O) groups is 2. The molecule has 0 aliphatic carbocycles. The van der Waals surface area contributed by atoms with E-state index in [4.69, 9.17) is 4.74 Å². The lowest BCUT2D eigenvalue weighted by molar-refractivity contribution is -0.151. The molecular formula is C14H14F4O4. The van der Waals surface area contributed by atoms with Crippen molar-refractivity contribution in [3.63, 3.8) is 0 Å². The third kappa shape index (κ3) is 5.01. The Kier molecular flexibility index (Phi) is 6.81. The van der Waals surface area contributed by atoms with Gasteiger partial charge in [-0.05, 0) is 12.5 Å². The Morgan fingerprint density at radius 1 is 0.955 bits per heavy atom. The van der Waals surface area contributed by atoms with Crippen molar-refractivity contribution in [2.24, 2.45) is 0 Å². The van der Waals surface area contributed by atoms with Crippen LogP contribution >= 0.6 is 0 Å². The maximum absolute atomic E-state index is 13.3. The highest BCUT2D eigenvalue weighted by molar-refractivity contribution is 5.77. The maximum atomic E-state index is 13.3. The average Bonchev–Trinajstić information content (AvgIpc) is 2.50. The van der Waals surface area contributed by atoms with Crippen LogP contribution in [0.15, 0.2) is 6.07 Å². The van der Waals surface area contributed by atoms with Crippen LogP contribution < -0.4 is 0 Å². The molecule has 1 aromatic carbocycles. The normalized spacial score (nSPS) is 10.4. The Morgan fingerprint density at radius 3 is 2.14 bits per heavy atom. The van der Waals surface area contributed by atoms with E-state index in [0.717, 1.165) is 0 Å². The highest BCUT2D eigenvalue weighted by Crippen LogP contribution is 2.19. The molecular weight excluding hydrogens is 308 g/mol. The van der Waals surface area contributed by atoms with Crippen molar-refractivity contribution in [3.05, 3.63) is 34.9 Å². The van der Waals surface area contributed by atoms with Crippen molar-refractivity contribution in [1.29, 1.82) is 0 Å². The zero-order valence-electron chi connectivity index (χ0n) is 11.8. The van der Waals surface area contributed by atoms with Gasteiger partial charge >= 0.3 is 11.9 Å². The molecule has 4 nitrogen and oxygen atoms in total. The Hall–Kier alpha value is -2.12. The Morgan fingerprint density at radius 2 is 1.55 bits per heavy atom. The standard InChI is InChI=1S/C14H14F4O4/c1-2-5-21-10(19)3-4-11(20)22-7-8-6-9(15)13(17)14(18)12(8)16/h6H,2-5,7H2,1H3. The van der Waals surface area contributed by atoms with Crippen molar-refractivity contribution < 1.29 is 36.6 Å². The lowest BCUT2D eigenvalue weighted by Gasteiger charge is -2.07. The quantitative estimate of drug-likeness (QED) is 0.335. The first-order valence-electron chi connectivity index (χ1n) is 6.49. The number of ether oxygens (including phenoxy) is 2. The molecule has 0 heterocycles. The molecule has 0 aliphatic heterocycles. The van der Waals surface area contributed by atoms with Gasteiger partial charge in [-0.25, -0.2) is 17.6 Å². The molecule has 0 aliphatic rings. The number of benzene rings is 1. The van der Waals surface area contributed by atoms with Gasteiger partial charge in [0.2, 0.25) is 0 Å². The summed E-state index contributed by atoms with van der Waals surface area (Å²) < 4.78 is 61.2. The molecule has 0 radical (unpaired) electrons. The molecule has 1 aromatic rings. The van der Waals surface area contributed by atoms with Gasteiger partial charge in [-0.15, -0.1) is 0 Å². The van der Waals surface area contributed by atoms with Crippen molar-refractivity contribution in [2.75, 3.05) is 6.61 Å². The minimum atomic E-state index is -1.98. The second-order valence-electron chi connectivity index (χ2n) is 4.34. The monoisotopic (exact) mass is 322 g/mol. The van der Waals surface area contributed by atoms with Crippen LogP contribution in [0.1, 0.15) is 31.7 Å². The molecule has 0 bridgehead atoms. The van der Waals surface area contributed by atoms with Gasteiger partial charge in [0, 0.05) is 5.56 Å². The molecule has 0 amide bonds. The summed E-state index contributed by atoms with van der Waals surface area (Å²) in [5.74, 6) is -8.61. The van der Waals surface area contributed by atoms with Crippen LogP contribution in [0.2, 0.25) is 0 Å². The van der Waals surface area contributed by atoms with E-state index >= 15 is 0 Å². The van der Waals surface area contributed by atoms with E-state index in [1.54, 1.807) is 6.92 Å². The van der Waals surface area contributed by atoms with Crippen molar-refractivity contribution in [3.8, 4) is 0 Å². The van der Waals surface area contributed by atoms with E-state index in [0.29, 0.717) is 12.5 Å². The number of halogens is 4. The number of esters is 2. The summed E-state index contributed by atoms with van der Waals surface area (Å²) in [7, 11) is 0. The highest BCUT2D eigenvalue weighted by Gasteiger charge is 2.19. The summed E-state index contributed by atoms with van der Waals surface area (Å²) in [6.07, 6.45) is 0.0843. The number of hydrogen-bond donors (Lipinski definition) is 0. The second kappa shape index (κ2) is 8.35. The first-order chi connectivity index (χ1) is 10.4. The van der Waals surface area contributed by atoms with Gasteiger partial charge in [-0.3, -0.25) is 9.59 Å². The van der Waals surface area contributed by atoms with Crippen LogP contribution in [0.4, 0.5) is 17.6 Å². The van der Waals surface area contributed by atoms with Gasteiger partial charge in [0.25, 0.3) is 0 Å². The Bertz CT molecular complexity index is 560. The van der Waals surface area contributed by atoms with Crippen molar-refractivity contribution in [2.45, 2.75) is 32.8 Å². The summed E-state index contributed by atoms with van der Waals surface area (Å²) >= 11 is 0. The van der Waals surface area contributed by atoms with Crippen LogP contribution in [-0.4, -0.2) is 18.5 Å². The molecule has 0 aromatic heterocycles. The zero-order valence-corrected chi connectivity index (χ0v) is 11.8. The van der Waals surface area contributed by atoms with Gasteiger partial charge in [0.05, 0.1) is 19.4 Å². The molecule has 0 spiro atoms. The molecule has 0 unspecified atom stereocenters. The van der Waals surface area contributed by atoms with Gasteiger partial charge in [-0.1, -0.05) is 6.92 Å². The number of rotatable bonds is 7. The predicted octanol–water partition coefficient (Wildman–Crippen LogP) is 3.02. The van der Waals surface area contributed by atoms with E-state index in [9.17, 15) is 27.2 Å². The van der Waals surface area contributed by atoms with E-state index in [-0.39, 0.29) is 19.4 Å². The first-order valence-corrected chi connectivity index (χ1v) is 6.49. The van der Waals surface area contributed by atoms with E-state index < -0.39 is 47.4 Å². The third-order valence-corrected chi connectivity index (χ3v) is 2.57. The fourth-order valence-electron chi connectivity index (χ4n) is 1.45. The van der Waals surface area contributed by atoms with Crippen LogP contribution in [0.3, 0.4) is 0 Å². The Labute approximate surface area is 124 Å². The molecule has 0 saturated heterocycles. The van der Waals surface area contributed by atoms with Gasteiger partial charge < -0.3 is 9.47 Å². The zero-order chi connectivity index (χ0) is 16.7. The summed E-state index contributed by atoms with van der Waals surface area (Å²) in [5.41, 5.74) is -0.640. The topological polar surface area (TPSA) is 52.6 Å². The van der Waals surface area contributed by atoms with Crippen molar-refractivity contribution >= 4 is 11.9 Å². The summed E-state index contributed by atoms with van der Waals surface area (Å²) in [6, 6.07) is 0.399. The van der Waals surface area contributed by atoms with E-state index in [2.05, 4.69) is 4.74 Å². The van der Waals surface area contributed by atoms with Crippen LogP contribution in [-0.2, 0) is 25.7 Å². The molecule has 1 rings (SSSR count). The second-order valence-corrected chi connectivity index (χ2v) is 4.34. The number of carbonyl (C=O) groups excluding carboxylic acids is 2. The minimum Gasteiger partial charge on any atom is -0.466 e. The molecule has 22 heavy (non-hydrogen) atoms. The third-order valence-electron chi connectivity index (χ3n) is 2.57. The van der Waals surface area contributed by atoms with Crippen molar-refractivity contribution in [1.82, 2.24) is 0 Å². The minimum absolute atomic E-state index is 0.229. The van der Waals surface area contributed by atoms with Gasteiger partial charge in [0.1, 0.15) is 6.61 Å². The molecule has 8 heteroatoms. The van der Waals surface area contributed by atoms with Gasteiger partial charge in [0.15, 0.2) is 23.3 Å². The summed E-state index contributed by atoms with van der Waals surface area (Å²) in [6.45, 7) is 1.26. The predicted molar refractivity (Wildman–Crippen MR) is 66.6 cm³/mol. The first kappa shape index (κ1) is 17.9. The van der Waals surface area contributed by atoms with Crippen LogP contribution in [0, 0.1) is 23.3 Å². The lowest BCUT2D eigenvalue weighted by atomic mass is 10.2. The van der Waals surface area contributed by atoms with Gasteiger partial charge in [-0.2, -0.15) is 0 Å². The maximum Gasteiger partial charge on any atom is 0.306 e. The summed E-state index contributed by atoms with van der Waals surface area (Å²) in [5, 5.41) is 0. The smallest absolute Gasteiger partial charge is 0.306 e. The van der Waals surface area contributed by atoms with Crippen LogP contribution in [0.5, 0.6) is 0 Å². The number of hydrogen-bond acceptors (Lipinski definition) is 4. The Balaban J connectivity index is 2.50. The molecule has 0 atom stereocenters. The average molecular weight is 322 g/mol. The molecule has 0 fully saturated rings. The van der Waals surface area contributed by atoms with E-state index in [1.807, 2.05) is 0 Å². The fraction of sp³-hybridized carbons (Fsp3) is 0.429. The summed E-state index contributed by atoms with van der Waals surface area (Å²) in [4.78, 5) is 22.5.